The lowest BCUT2D eigenvalue weighted by Gasteiger charge is -2.08. The molecule has 0 amide bonds. The molecule has 0 aromatic rings. The second-order valence-corrected chi connectivity index (χ2v) is 6.85. The first-order chi connectivity index (χ1) is 5.01. The Hall–Kier alpha value is 0.650. The van der Waals surface area contributed by atoms with E-state index in [1.165, 1.54) is 0 Å². The van der Waals surface area contributed by atoms with Gasteiger partial charge in [-0.15, -0.1) is 0 Å². The molecule has 1 aliphatic rings. The Balaban J connectivity index is 2.83. The summed E-state index contributed by atoms with van der Waals surface area (Å²) >= 11 is 6.66. The summed E-state index contributed by atoms with van der Waals surface area (Å²) in [7, 11) is -2.86. The van der Waals surface area contributed by atoms with Crippen molar-refractivity contribution in [2.24, 2.45) is 0 Å². The predicted octanol–water partition coefficient (Wildman–Crippen LogP) is 1.50. The molecule has 0 fully saturated rings. The van der Waals surface area contributed by atoms with Gasteiger partial charge in [0.1, 0.15) is 0 Å². The van der Waals surface area contributed by atoms with E-state index < -0.39 is 9.84 Å². The third-order valence-corrected chi connectivity index (χ3v) is 5.97. The van der Waals surface area contributed by atoms with Crippen LogP contribution in [0.25, 0.3) is 0 Å². The summed E-state index contributed by atoms with van der Waals surface area (Å²) < 4.78 is 22.2. The van der Waals surface area contributed by atoms with Crippen LogP contribution in [-0.2, 0) is 9.84 Å². The van der Waals surface area contributed by atoms with Crippen molar-refractivity contribution in [3.8, 4) is 0 Å². The van der Waals surface area contributed by atoms with Gasteiger partial charge in [0.25, 0.3) is 0 Å². The number of hydrogen-bond donors (Lipinski definition) is 0. The lowest BCUT2D eigenvalue weighted by Crippen LogP contribution is -2.21. The van der Waals surface area contributed by atoms with Crippen molar-refractivity contribution in [2.45, 2.75) is 9.65 Å². The highest BCUT2D eigenvalue weighted by Crippen LogP contribution is 2.20. The minimum atomic E-state index is -2.86. The number of halogens is 2. The zero-order chi connectivity index (χ0) is 8.48. The quantitative estimate of drug-likeness (QED) is 0.502. The first kappa shape index (κ1) is 9.74. The molecular weight excluding hydrogens is 296 g/mol. The molecule has 0 saturated carbocycles. The van der Waals surface area contributed by atoms with Gasteiger partial charge in [0.2, 0.25) is 0 Å². The van der Waals surface area contributed by atoms with Gasteiger partial charge in [-0.2, -0.15) is 0 Å². The first-order valence-electron chi connectivity index (χ1n) is 3.16. The van der Waals surface area contributed by atoms with Crippen molar-refractivity contribution < 1.29 is 8.42 Å². The summed E-state index contributed by atoms with van der Waals surface area (Å²) in [5, 5.41) is 0. The van der Waals surface area contributed by atoms with E-state index >= 15 is 0 Å². The smallest absolute Gasteiger partial charge is 0.155 e. The van der Waals surface area contributed by atoms with Crippen LogP contribution in [0.4, 0.5) is 0 Å². The number of rotatable bonds is 0. The summed E-state index contributed by atoms with van der Waals surface area (Å²) in [5.74, 6) is 0.368. The minimum Gasteiger partial charge on any atom is -0.228 e. The summed E-state index contributed by atoms with van der Waals surface area (Å²) in [6, 6.07) is 0. The molecule has 0 saturated heterocycles. The SMILES string of the molecule is O=S1(=O)CC=CC(Br)C(Br)C1. The Bertz CT molecular complexity index is 258. The Morgan fingerprint density at radius 3 is 2.64 bits per heavy atom. The van der Waals surface area contributed by atoms with Crippen LogP contribution in [0.3, 0.4) is 0 Å². The zero-order valence-electron chi connectivity index (χ0n) is 5.70. The maximum Gasteiger partial charge on any atom is 0.155 e. The molecule has 2 unspecified atom stereocenters. The molecule has 2 atom stereocenters. The molecule has 11 heavy (non-hydrogen) atoms. The summed E-state index contributed by atoms with van der Waals surface area (Å²) in [5.41, 5.74) is 0. The molecule has 0 aliphatic carbocycles. The fraction of sp³-hybridized carbons (Fsp3) is 0.667. The summed E-state index contributed by atoms with van der Waals surface area (Å²) in [4.78, 5) is 0.117. The molecule has 5 heteroatoms. The Kier molecular flexibility index (Phi) is 3.17. The van der Waals surface area contributed by atoms with Gasteiger partial charge < -0.3 is 0 Å². The Labute approximate surface area is 83.2 Å². The maximum absolute atomic E-state index is 11.1. The van der Waals surface area contributed by atoms with E-state index in [1.807, 2.05) is 6.08 Å². The molecule has 0 aromatic heterocycles. The van der Waals surface area contributed by atoms with Gasteiger partial charge >= 0.3 is 0 Å². The number of hydrogen-bond acceptors (Lipinski definition) is 2. The monoisotopic (exact) mass is 302 g/mol. The van der Waals surface area contributed by atoms with E-state index in [0.717, 1.165) is 0 Å². The van der Waals surface area contributed by atoms with Crippen molar-refractivity contribution in [1.29, 1.82) is 0 Å². The van der Waals surface area contributed by atoms with Crippen molar-refractivity contribution >= 4 is 41.7 Å². The Morgan fingerprint density at radius 2 is 2.00 bits per heavy atom. The highest BCUT2D eigenvalue weighted by atomic mass is 79.9. The van der Waals surface area contributed by atoms with E-state index in [2.05, 4.69) is 31.9 Å². The van der Waals surface area contributed by atoms with Gasteiger partial charge in [0.15, 0.2) is 9.84 Å². The third-order valence-electron chi connectivity index (χ3n) is 1.43. The van der Waals surface area contributed by atoms with E-state index in [-0.39, 0.29) is 21.2 Å². The molecule has 0 spiro atoms. The molecule has 0 aromatic carbocycles. The average Bonchev–Trinajstić information content (AvgIpc) is 1.93. The molecule has 1 rings (SSSR count). The van der Waals surface area contributed by atoms with Crippen LogP contribution in [-0.4, -0.2) is 29.6 Å². The highest BCUT2D eigenvalue weighted by molar-refractivity contribution is 9.12. The predicted molar refractivity (Wildman–Crippen MR) is 53.2 cm³/mol. The third kappa shape index (κ3) is 2.87. The van der Waals surface area contributed by atoms with E-state index in [9.17, 15) is 8.42 Å². The average molecular weight is 304 g/mol. The number of allylic oxidation sites excluding steroid dienone is 1. The van der Waals surface area contributed by atoms with Gasteiger partial charge in [0.05, 0.1) is 11.5 Å². The van der Waals surface area contributed by atoms with Crippen LogP contribution in [0, 0.1) is 0 Å². The van der Waals surface area contributed by atoms with Gasteiger partial charge in [-0.05, 0) is 0 Å². The van der Waals surface area contributed by atoms with Crippen LogP contribution >= 0.6 is 31.9 Å². The van der Waals surface area contributed by atoms with Crippen LogP contribution < -0.4 is 0 Å². The molecule has 2 nitrogen and oxygen atoms in total. The fourth-order valence-corrected chi connectivity index (χ4v) is 4.12. The Morgan fingerprint density at radius 1 is 1.36 bits per heavy atom. The van der Waals surface area contributed by atoms with Crippen LogP contribution in [0.1, 0.15) is 0 Å². The fourth-order valence-electron chi connectivity index (χ4n) is 0.855. The van der Waals surface area contributed by atoms with Crippen molar-refractivity contribution in [1.82, 2.24) is 0 Å². The van der Waals surface area contributed by atoms with Crippen molar-refractivity contribution in [3.05, 3.63) is 12.2 Å². The van der Waals surface area contributed by atoms with Gasteiger partial charge in [-0.25, -0.2) is 8.42 Å². The maximum atomic E-state index is 11.1. The summed E-state index contributed by atoms with van der Waals surface area (Å²) in [6.07, 6.45) is 3.56. The molecule has 0 bridgehead atoms. The molecule has 64 valence electrons. The van der Waals surface area contributed by atoms with E-state index in [1.54, 1.807) is 6.08 Å². The van der Waals surface area contributed by atoms with Gasteiger partial charge in [-0.3, -0.25) is 0 Å². The van der Waals surface area contributed by atoms with Crippen molar-refractivity contribution in [2.75, 3.05) is 11.5 Å². The summed E-state index contributed by atoms with van der Waals surface area (Å²) in [6.45, 7) is 0. The number of alkyl halides is 2. The molecule has 0 N–H and O–H groups in total. The number of sulfone groups is 1. The van der Waals surface area contributed by atoms with Crippen molar-refractivity contribution in [3.63, 3.8) is 0 Å². The second-order valence-electron chi connectivity index (χ2n) is 2.47. The lowest BCUT2D eigenvalue weighted by molar-refractivity contribution is 0.598. The van der Waals surface area contributed by atoms with Crippen LogP contribution in [0.15, 0.2) is 12.2 Å². The molecule has 0 radical (unpaired) electrons. The normalized spacial score (nSPS) is 36.5. The first-order valence-corrected chi connectivity index (χ1v) is 6.82. The molecule has 1 aliphatic heterocycles. The minimum absolute atomic E-state index is 0.00810. The topological polar surface area (TPSA) is 34.1 Å². The van der Waals surface area contributed by atoms with Crippen LogP contribution in [0.5, 0.6) is 0 Å². The standard InChI is InChI=1S/C6H8Br2O2S/c7-5-2-1-3-11(9,10)4-6(5)8/h1-2,5-6H,3-4H2. The second kappa shape index (κ2) is 3.58. The largest absolute Gasteiger partial charge is 0.228 e. The molecular formula is C6H8Br2O2S. The van der Waals surface area contributed by atoms with E-state index in [0.29, 0.717) is 0 Å². The lowest BCUT2D eigenvalue weighted by atomic mass is 10.3. The van der Waals surface area contributed by atoms with Gasteiger partial charge in [0, 0.05) is 9.65 Å². The highest BCUT2D eigenvalue weighted by Gasteiger charge is 2.23. The van der Waals surface area contributed by atoms with E-state index in [4.69, 9.17) is 0 Å². The van der Waals surface area contributed by atoms with Crippen LogP contribution in [0.2, 0.25) is 0 Å². The molecule has 1 heterocycles. The van der Waals surface area contributed by atoms with Gasteiger partial charge in [-0.1, -0.05) is 44.0 Å². The zero-order valence-corrected chi connectivity index (χ0v) is 9.69.